The highest BCUT2D eigenvalue weighted by molar-refractivity contribution is 7.89. The lowest BCUT2D eigenvalue weighted by Crippen LogP contribution is -2.33. The number of hydrogen-bond acceptors (Lipinski definition) is 5. The van der Waals surface area contributed by atoms with Gasteiger partial charge in [-0.3, -0.25) is 0 Å². The van der Waals surface area contributed by atoms with Crippen LogP contribution < -0.4 is 15.8 Å². The van der Waals surface area contributed by atoms with Gasteiger partial charge >= 0.3 is 0 Å². The van der Waals surface area contributed by atoms with E-state index in [1.54, 1.807) is 6.92 Å². The Kier molecular flexibility index (Phi) is 6.00. The van der Waals surface area contributed by atoms with E-state index >= 15 is 0 Å². The molecule has 6 nitrogen and oxygen atoms in total. The Labute approximate surface area is 127 Å². The van der Waals surface area contributed by atoms with Crippen LogP contribution in [0.15, 0.2) is 17.0 Å². The summed E-state index contributed by atoms with van der Waals surface area (Å²) in [6, 6.07) is 3.24. The zero-order valence-electron chi connectivity index (χ0n) is 13.3. The van der Waals surface area contributed by atoms with Gasteiger partial charge in [0.15, 0.2) is 0 Å². The third-order valence-corrected chi connectivity index (χ3v) is 4.35. The van der Waals surface area contributed by atoms with Gasteiger partial charge in [-0.1, -0.05) is 6.92 Å². The first-order valence-electron chi connectivity index (χ1n) is 6.99. The molecule has 0 fully saturated rings. The monoisotopic (exact) mass is 314 g/mol. The maximum absolute atomic E-state index is 11.7. The molecule has 4 N–H and O–H groups in total. The predicted molar refractivity (Wildman–Crippen MR) is 88.0 cm³/mol. The van der Waals surface area contributed by atoms with E-state index in [9.17, 15) is 8.42 Å². The van der Waals surface area contributed by atoms with E-state index in [-0.39, 0.29) is 4.90 Å². The minimum atomic E-state index is -3.78. The number of benzene rings is 1. The second-order valence-electron chi connectivity index (χ2n) is 5.50. The number of sulfonamides is 1. The molecule has 0 spiro atoms. The molecule has 0 aliphatic heterocycles. The van der Waals surface area contributed by atoms with Gasteiger partial charge in [-0.05, 0) is 45.1 Å². The van der Waals surface area contributed by atoms with Gasteiger partial charge in [0, 0.05) is 31.0 Å². The van der Waals surface area contributed by atoms with Gasteiger partial charge in [-0.2, -0.15) is 0 Å². The minimum absolute atomic E-state index is 0.100. The summed E-state index contributed by atoms with van der Waals surface area (Å²) in [6.45, 7) is 6.37. The van der Waals surface area contributed by atoms with Gasteiger partial charge in [0.2, 0.25) is 10.0 Å². The van der Waals surface area contributed by atoms with E-state index < -0.39 is 10.0 Å². The van der Waals surface area contributed by atoms with Gasteiger partial charge < -0.3 is 15.5 Å². The molecule has 1 rings (SSSR count). The van der Waals surface area contributed by atoms with E-state index in [4.69, 9.17) is 10.9 Å². The first kappa shape index (κ1) is 17.7. The number of nitrogens with zero attached hydrogens (tertiary/aromatic N) is 2. The van der Waals surface area contributed by atoms with Crippen LogP contribution >= 0.6 is 0 Å². The number of hydrogen-bond donors (Lipinski definition) is 2. The summed E-state index contributed by atoms with van der Waals surface area (Å²) in [5.74, 6) is 0. The summed E-state index contributed by atoms with van der Waals surface area (Å²) in [7, 11) is 0.237. The highest BCUT2D eigenvalue weighted by atomic mass is 32.2. The molecule has 0 saturated carbocycles. The molecule has 0 amide bonds. The fourth-order valence-electron chi connectivity index (χ4n) is 2.26. The van der Waals surface area contributed by atoms with Crippen LogP contribution in [-0.2, 0) is 10.0 Å². The van der Waals surface area contributed by atoms with Crippen LogP contribution in [0.5, 0.6) is 0 Å². The lowest BCUT2D eigenvalue weighted by atomic mass is 10.1. The maximum Gasteiger partial charge on any atom is 0.238 e. The third kappa shape index (κ3) is 4.87. The molecule has 0 unspecified atom stereocenters. The standard InChI is InChI=1S/C14H26N4O2S/c1-5-6-18(8-7-17(3)4)13-9-12(15)10-14(11(13)2)21(16,19)20/h9-10H,5-8,15H2,1-4H3,(H2,16,19,20). The summed E-state index contributed by atoms with van der Waals surface area (Å²) in [5.41, 5.74) is 7.75. The minimum Gasteiger partial charge on any atom is -0.399 e. The molecule has 1 aromatic carbocycles. The van der Waals surface area contributed by atoms with Crippen molar-refractivity contribution in [3.8, 4) is 0 Å². The van der Waals surface area contributed by atoms with Crippen LogP contribution in [0.3, 0.4) is 0 Å². The molecule has 7 heteroatoms. The van der Waals surface area contributed by atoms with Crippen molar-refractivity contribution >= 4 is 21.4 Å². The maximum atomic E-state index is 11.7. The Balaban J connectivity index is 3.27. The largest absolute Gasteiger partial charge is 0.399 e. The van der Waals surface area contributed by atoms with Crippen LogP contribution in [0.4, 0.5) is 11.4 Å². The van der Waals surface area contributed by atoms with Gasteiger partial charge in [0.1, 0.15) is 0 Å². The molecular weight excluding hydrogens is 288 g/mol. The van der Waals surface area contributed by atoms with Crippen molar-refractivity contribution in [2.75, 3.05) is 44.4 Å². The smallest absolute Gasteiger partial charge is 0.238 e. The molecule has 21 heavy (non-hydrogen) atoms. The van der Waals surface area contributed by atoms with E-state index in [1.165, 1.54) is 6.07 Å². The molecule has 0 saturated heterocycles. The average Bonchev–Trinajstić information content (AvgIpc) is 2.35. The van der Waals surface area contributed by atoms with Crippen molar-refractivity contribution in [3.05, 3.63) is 17.7 Å². The Morgan fingerprint density at radius 2 is 1.76 bits per heavy atom. The number of nitrogens with two attached hydrogens (primary N) is 2. The lowest BCUT2D eigenvalue weighted by molar-refractivity contribution is 0.413. The summed E-state index contributed by atoms with van der Waals surface area (Å²) < 4.78 is 23.4. The molecule has 1 aromatic rings. The molecular formula is C14H26N4O2S. The molecule has 0 aliphatic rings. The summed E-state index contributed by atoms with van der Waals surface area (Å²) >= 11 is 0. The van der Waals surface area contributed by atoms with Crippen molar-refractivity contribution in [1.82, 2.24) is 4.90 Å². The number of anilines is 2. The first-order valence-corrected chi connectivity index (χ1v) is 8.54. The van der Waals surface area contributed by atoms with Gasteiger partial charge in [0.05, 0.1) is 4.90 Å². The van der Waals surface area contributed by atoms with Crippen molar-refractivity contribution in [1.29, 1.82) is 0 Å². The quantitative estimate of drug-likeness (QED) is 0.733. The molecule has 0 aromatic heterocycles. The van der Waals surface area contributed by atoms with E-state index in [2.05, 4.69) is 16.7 Å². The molecule has 0 heterocycles. The third-order valence-electron chi connectivity index (χ3n) is 3.31. The van der Waals surface area contributed by atoms with Gasteiger partial charge in [0.25, 0.3) is 0 Å². The highest BCUT2D eigenvalue weighted by Gasteiger charge is 2.18. The summed E-state index contributed by atoms with van der Waals surface area (Å²) in [4.78, 5) is 4.34. The Hall–Kier alpha value is -1.31. The van der Waals surface area contributed by atoms with Crippen molar-refractivity contribution < 1.29 is 8.42 Å². The summed E-state index contributed by atoms with van der Waals surface area (Å²) in [5, 5.41) is 5.28. The summed E-state index contributed by atoms with van der Waals surface area (Å²) in [6.07, 6.45) is 0.965. The van der Waals surface area contributed by atoms with Gasteiger partial charge in [-0.25, -0.2) is 13.6 Å². The first-order chi connectivity index (χ1) is 9.66. The fraction of sp³-hybridized carbons (Fsp3) is 0.571. The van der Waals surface area contributed by atoms with Crippen molar-refractivity contribution in [2.45, 2.75) is 25.2 Å². The fourth-order valence-corrected chi connectivity index (χ4v) is 3.09. The van der Waals surface area contributed by atoms with Crippen LogP contribution in [0.25, 0.3) is 0 Å². The van der Waals surface area contributed by atoms with E-state index in [0.29, 0.717) is 11.3 Å². The normalized spacial score (nSPS) is 11.9. The number of likely N-dealkylation sites (N-methyl/N-ethyl adjacent to an activating group) is 1. The molecule has 0 atom stereocenters. The Morgan fingerprint density at radius 3 is 2.24 bits per heavy atom. The predicted octanol–water partition coefficient (Wildman–Crippen LogP) is 1.00. The Morgan fingerprint density at radius 1 is 1.14 bits per heavy atom. The number of primary sulfonamides is 1. The van der Waals surface area contributed by atoms with Crippen LogP contribution in [0, 0.1) is 6.92 Å². The zero-order chi connectivity index (χ0) is 16.2. The highest BCUT2D eigenvalue weighted by Crippen LogP contribution is 2.29. The SMILES string of the molecule is CCCN(CCN(C)C)c1cc(N)cc(S(N)(=O)=O)c1C. The Bertz CT molecular complexity index is 585. The van der Waals surface area contributed by atoms with E-state index in [0.717, 1.165) is 31.7 Å². The average molecular weight is 314 g/mol. The van der Waals surface area contributed by atoms with Crippen molar-refractivity contribution in [2.24, 2.45) is 5.14 Å². The molecule has 0 bridgehead atoms. The molecule has 120 valence electrons. The van der Waals surface area contributed by atoms with Crippen molar-refractivity contribution in [3.63, 3.8) is 0 Å². The lowest BCUT2D eigenvalue weighted by Gasteiger charge is -2.28. The zero-order valence-corrected chi connectivity index (χ0v) is 14.1. The van der Waals surface area contributed by atoms with Crippen LogP contribution in [0.2, 0.25) is 0 Å². The topological polar surface area (TPSA) is 92.7 Å². The van der Waals surface area contributed by atoms with Crippen LogP contribution in [0.1, 0.15) is 18.9 Å². The van der Waals surface area contributed by atoms with Crippen LogP contribution in [-0.4, -0.2) is 47.0 Å². The van der Waals surface area contributed by atoms with E-state index in [1.807, 2.05) is 20.2 Å². The van der Waals surface area contributed by atoms with Gasteiger partial charge in [-0.15, -0.1) is 0 Å². The second kappa shape index (κ2) is 7.11. The molecule has 0 aliphatic carbocycles. The molecule has 0 radical (unpaired) electrons. The number of rotatable bonds is 7. The number of nitrogen functional groups attached to an aromatic ring is 1. The second-order valence-corrected chi connectivity index (χ2v) is 7.03.